The molecule has 3 aromatic rings. The van der Waals surface area contributed by atoms with Gasteiger partial charge in [0.05, 0.1) is 15.2 Å². The van der Waals surface area contributed by atoms with Crippen LogP contribution in [0.15, 0.2) is 42.5 Å². The van der Waals surface area contributed by atoms with Crippen molar-refractivity contribution in [3.63, 3.8) is 0 Å². The van der Waals surface area contributed by atoms with Gasteiger partial charge in [0.2, 0.25) is 0 Å². The maximum atomic E-state index is 6.39. The van der Waals surface area contributed by atoms with Crippen LogP contribution in [0, 0.1) is 13.8 Å². The Bertz CT molecular complexity index is 713. The fraction of sp³-hybridized carbons (Fsp3) is 0.235. The fourth-order valence-corrected chi connectivity index (χ4v) is 3.51. The van der Waals surface area contributed by atoms with Gasteiger partial charge in [-0.3, -0.25) is 0 Å². The van der Waals surface area contributed by atoms with Crippen LogP contribution in [0.5, 0.6) is 0 Å². The van der Waals surface area contributed by atoms with Gasteiger partial charge < -0.3 is 5.73 Å². The number of thiazole rings is 1. The second-order valence-electron chi connectivity index (χ2n) is 5.18. The number of nitrogens with zero attached hydrogens (tertiary/aromatic N) is 1. The van der Waals surface area contributed by atoms with Crippen molar-refractivity contribution in [2.45, 2.75) is 26.3 Å². The van der Waals surface area contributed by atoms with Crippen molar-refractivity contribution in [2.75, 3.05) is 0 Å². The molecule has 0 fully saturated rings. The van der Waals surface area contributed by atoms with Crippen LogP contribution in [0.2, 0.25) is 0 Å². The predicted molar refractivity (Wildman–Crippen MR) is 86.2 cm³/mol. The van der Waals surface area contributed by atoms with E-state index in [0.29, 0.717) is 0 Å². The third kappa shape index (κ3) is 2.47. The van der Waals surface area contributed by atoms with E-state index in [0.717, 1.165) is 16.9 Å². The van der Waals surface area contributed by atoms with Crippen LogP contribution in [0.4, 0.5) is 0 Å². The third-order valence-corrected chi connectivity index (χ3v) is 4.84. The lowest BCUT2D eigenvalue weighted by Crippen LogP contribution is -2.15. The molecule has 1 aromatic heterocycles. The summed E-state index contributed by atoms with van der Waals surface area (Å²) in [5.74, 6) is 0. The second-order valence-corrected chi connectivity index (χ2v) is 6.29. The van der Waals surface area contributed by atoms with Crippen molar-refractivity contribution in [3.05, 3.63) is 64.2 Å². The number of benzene rings is 2. The smallest absolute Gasteiger partial charge is 0.0957 e. The molecule has 0 bridgehead atoms. The standard InChI is InChI=1S/C17H18N2S/c1-11-6-5-7-13(12(11)2)14(18)10-17-19-15-8-3-4-9-16(15)20-17/h3-9,14H,10,18H2,1-2H3. The summed E-state index contributed by atoms with van der Waals surface area (Å²) in [5.41, 5.74) is 11.3. The van der Waals surface area contributed by atoms with Crippen molar-refractivity contribution in [1.82, 2.24) is 4.98 Å². The largest absolute Gasteiger partial charge is 0.324 e. The molecular formula is C17H18N2S. The maximum Gasteiger partial charge on any atom is 0.0957 e. The van der Waals surface area contributed by atoms with E-state index in [4.69, 9.17) is 5.73 Å². The van der Waals surface area contributed by atoms with Gasteiger partial charge in [0.15, 0.2) is 0 Å². The lowest BCUT2D eigenvalue weighted by molar-refractivity contribution is 0.713. The minimum Gasteiger partial charge on any atom is -0.324 e. The maximum absolute atomic E-state index is 6.39. The van der Waals surface area contributed by atoms with Crippen LogP contribution in [0.1, 0.15) is 27.7 Å². The van der Waals surface area contributed by atoms with E-state index in [1.807, 2.05) is 6.07 Å². The number of rotatable bonds is 3. The molecular weight excluding hydrogens is 264 g/mol. The van der Waals surface area contributed by atoms with Crippen LogP contribution in [-0.4, -0.2) is 4.98 Å². The monoisotopic (exact) mass is 282 g/mol. The van der Waals surface area contributed by atoms with Crippen molar-refractivity contribution < 1.29 is 0 Å². The molecule has 0 aliphatic heterocycles. The molecule has 20 heavy (non-hydrogen) atoms. The van der Waals surface area contributed by atoms with Crippen LogP contribution < -0.4 is 5.73 Å². The fourth-order valence-electron chi connectivity index (χ4n) is 2.48. The Morgan fingerprint density at radius 3 is 2.70 bits per heavy atom. The van der Waals surface area contributed by atoms with Gasteiger partial charge in [0, 0.05) is 12.5 Å². The Labute approximate surface area is 123 Å². The lowest BCUT2D eigenvalue weighted by atomic mass is 9.96. The van der Waals surface area contributed by atoms with Crippen LogP contribution in [0.3, 0.4) is 0 Å². The van der Waals surface area contributed by atoms with Crippen molar-refractivity contribution in [3.8, 4) is 0 Å². The van der Waals surface area contributed by atoms with E-state index in [9.17, 15) is 0 Å². The number of fused-ring (bicyclic) bond motifs is 1. The van der Waals surface area contributed by atoms with E-state index in [1.165, 1.54) is 21.4 Å². The molecule has 0 aliphatic rings. The summed E-state index contributed by atoms with van der Waals surface area (Å²) in [6.45, 7) is 4.27. The molecule has 0 aliphatic carbocycles. The molecule has 0 saturated heterocycles. The predicted octanol–water partition coefficient (Wildman–Crippen LogP) is 4.16. The Morgan fingerprint density at radius 1 is 1.10 bits per heavy atom. The average Bonchev–Trinajstić information content (AvgIpc) is 2.83. The topological polar surface area (TPSA) is 38.9 Å². The molecule has 2 N–H and O–H groups in total. The van der Waals surface area contributed by atoms with Crippen molar-refractivity contribution in [2.24, 2.45) is 5.73 Å². The van der Waals surface area contributed by atoms with Crippen molar-refractivity contribution in [1.29, 1.82) is 0 Å². The summed E-state index contributed by atoms with van der Waals surface area (Å²) in [7, 11) is 0. The lowest BCUT2D eigenvalue weighted by Gasteiger charge is -2.15. The first-order chi connectivity index (χ1) is 9.65. The molecule has 2 nitrogen and oxygen atoms in total. The zero-order valence-corrected chi connectivity index (χ0v) is 12.6. The van der Waals surface area contributed by atoms with Crippen LogP contribution in [-0.2, 0) is 6.42 Å². The van der Waals surface area contributed by atoms with E-state index < -0.39 is 0 Å². The molecule has 102 valence electrons. The molecule has 0 radical (unpaired) electrons. The van der Waals surface area contributed by atoms with Gasteiger partial charge in [-0.2, -0.15) is 0 Å². The highest BCUT2D eigenvalue weighted by Crippen LogP contribution is 2.27. The number of hydrogen-bond acceptors (Lipinski definition) is 3. The third-order valence-electron chi connectivity index (χ3n) is 3.78. The Balaban J connectivity index is 1.88. The first-order valence-electron chi connectivity index (χ1n) is 6.81. The zero-order chi connectivity index (χ0) is 14.1. The van der Waals surface area contributed by atoms with Gasteiger partial charge in [-0.25, -0.2) is 4.98 Å². The van der Waals surface area contributed by atoms with E-state index >= 15 is 0 Å². The van der Waals surface area contributed by atoms with Crippen LogP contribution in [0.25, 0.3) is 10.2 Å². The molecule has 2 aromatic carbocycles. The highest BCUT2D eigenvalue weighted by molar-refractivity contribution is 7.18. The summed E-state index contributed by atoms with van der Waals surface area (Å²) in [6.07, 6.45) is 0.795. The zero-order valence-electron chi connectivity index (χ0n) is 11.8. The second kappa shape index (κ2) is 5.35. The molecule has 3 rings (SSSR count). The summed E-state index contributed by atoms with van der Waals surface area (Å²) in [6, 6.07) is 14.6. The first-order valence-corrected chi connectivity index (χ1v) is 7.63. The number of aryl methyl sites for hydroxylation is 1. The summed E-state index contributed by atoms with van der Waals surface area (Å²) < 4.78 is 1.23. The van der Waals surface area contributed by atoms with Crippen molar-refractivity contribution >= 4 is 21.6 Å². The minimum absolute atomic E-state index is 0.00969. The molecule has 1 atom stereocenters. The molecule has 3 heteroatoms. The number of para-hydroxylation sites is 1. The molecule has 1 heterocycles. The molecule has 1 unspecified atom stereocenters. The molecule has 0 amide bonds. The van der Waals surface area contributed by atoms with E-state index in [2.05, 4.69) is 55.2 Å². The highest BCUT2D eigenvalue weighted by Gasteiger charge is 2.13. The van der Waals surface area contributed by atoms with Gasteiger partial charge in [-0.1, -0.05) is 30.3 Å². The Kier molecular flexibility index (Phi) is 3.55. The summed E-state index contributed by atoms with van der Waals surface area (Å²) in [4.78, 5) is 4.67. The first kappa shape index (κ1) is 13.3. The average molecular weight is 282 g/mol. The van der Waals surface area contributed by atoms with E-state index in [-0.39, 0.29) is 6.04 Å². The van der Waals surface area contributed by atoms with Gasteiger partial charge in [-0.05, 0) is 42.7 Å². The van der Waals surface area contributed by atoms with Gasteiger partial charge in [-0.15, -0.1) is 11.3 Å². The molecule has 0 spiro atoms. The molecule has 0 saturated carbocycles. The SMILES string of the molecule is Cc1cccc(C(N)Cc2nc3ccccc3s2)c1C. The van der Waals surface area contributed by atoms with Crippen LogP contribution >= 0.6 is 11.3 Å². The Hall–Kier alpha value is -1.71. The quantitative estimate of drug-likeness (QED) is 0.783. The highest BCUT2D eigenvalue weighted by atomic mass is 32.1. The number of aromatic nitrogens is 1. The van der Waals surface area contributed by atoms with Gasteiger partial charge >= 0.3 is 0 Å². The van der Waals surface area contributed by atoms with Gasteiger partial charge in [0.25, 0.3) is 0 Å². The van der Waals surface area contributed by atoms with E-state index in [1.54, 1.807) is 11.3 Å². The summed E-state index contributed by atoms with van der Waals surface area (Å²) in [5, 5.41) is 1.11. The normalized spacial score (nSPS) is 12.8. The Morgan fingerprint density at radius 2 is 1.90 bits per heavy atom. The number of nitrogens with two attached hydrogens (primary N) is 1. The summed E-state index contributed by atoms with van der Waals surface area (Å²) >= 11 is 1.74. The van der Waals surface area contributed by atoms with Gasteiger partial charge in [0.1, 0.15) is 0 Å². The number of hydrogen-bond donors (Lipinski definition) is 1. The minimum atomic E-state index is 0.00969.